The van der Waals surface area contributed by atoms with E-state index in [9.17, 15) is 25.2 Å². The van der Waals surface area contributed by atoms with E-state index in [4.69, 9.17) is 18.9 Å². The number of esters is 1. The fraction of sp³-hybridized carbons (Fsp3) is 0.830. The van der Waals surface area contributed by atoms with Crippen LogP contribution in [0.3, 0.4) is 0 Å². The Labute approximate surface area is 380 Å². The van der Waals surface area contributed by atoms with Gasteiger partial charge in [0.15, 0.2) is 6.29 Å². The van der Waals surface area contributed by atoms with Gasteiger partial charge in [-0.3, -0.25) is 4.79 Å². The Balaban J connectivity index is 2.20. The van der Waals surface area contributed by atoms with Gasteiger partial charge in [-0.15, -0.1) is 0 Å². The summed E-state index contributed by atoms with van der Waals surface area (Å²) < 4.78 is 22.9. The normalized spacial score (nSPS) is 20.1. The van der Waals surface area contributed by atoms with E-state index in [1.807, 2.05) is 0 Å². The Morgan fingerprint density at radius 3 is 1.42 bits per heavy atom. The van der Waals surface area contributed by atoms with Gasteiger partial charge in [0.1, 0.15) is 30.5 Å². The lowest BCUT2D eigenvalue weighted by atomic mass is 9.99. The fourth-order valence-electron chi connectivity index (χ4n) is 7.67. The zero-order chi connectivity index (χ0) is 45.0. The second kappa shape index (κ2) is 44.4. The first-order valence-corrected chi connectivity index (χ1v) is 25.7. The Bertz CT molecular complexity index is 1090. The predicted molar refractivity (Wildman–Crippen MR) is 256 cm³/mol. The lowest BCUT2D eigenvalue weighted by Crippen LogP contribution is -2.59. The lowest BCUT2D eigenvalue weighted by Gasteiger charge is -2.39. The summed E-state index contributed by atoms with van der Waals surface area (Å²) in [6.45, 7) is 4.51. The van der Waals surface area contributed by atoms with Crippen molar-refractivity contribution in [2.45, 2.75) is 256 Å². The van der Waals surface area contributed by atoms with Gasteiger partial charge in [0, 0.05) is 13.0 Å². The summed E-state index contributed by atoms with van der Waals surface area (Å²) in [7, 11) is 0. The second-order valence-electron chi connectivity index (χ2n) is 17.6. The van der Waals surface area contributed by atoms with Crippen molar-refractivity contribution in [2.75, 3.05) is 26.4 Å². The van der Waals surface area contributed by atoms with Crippen molar-refractivity contribution in [3.05, 3.63) is 48.6 Å². The van der Waals surface area contributed by atoms with Gasteiger partial charge in [-0.05, 0) is 77.0 Å². The Kier molecular flexibility index (Phi) is 41.6. The first-order valence-electron chi connectivity index (χ1n) is 25.7. The van der Waals surface area contributed by atoms with Gasteiger partial charge in [0.05, 0.1) is 19.8 Å². The largest absolute Gasteiger partial charge is 0.457 e. The zero-order valence-corrected chi connectivity index (χ0v) is 39.9. The molecule has 1 saturated heterocycles. The SMILES string of the molecule is CCCCC/C=C\C/C=C\CCCCCCCCOCC(COC1OC(CO)C(O)C(O)C1O)OC(=O)CCCCCCCCCCCCC/C=C\C/C=C\CCCCCCC. The molecule has 6 atom stereocenters. The van der Waals surface area contributed by atoms with Crippen molar-refractivity contribution in [3.63, 3.8) is 0 Å². The van der Waals surface area contributed by atoms with E-state index < -0.39 is 43.4 Å². The molecule has 0 aromatic rings. The molecule has 4 N–H and O–H groups in total. The van der Waals surface area contributed by atoms with Crippen LogP contribution in [-0.4, -0.2) is 89.6 Å². The van der Waals surface area contributed by atoms with Crippen LogP contribution >= 0.6 is 0 Å². The molecular formula is C53H96O9. The first kappa shape index (κ1) is 58.2. The molecule has 0 bridgehead atoms. The molecule has 62 heavy (non-hydrogen) atoms. The maximum atomic E-state index is 12.8. The molecular weight excluding hydrogens is 781 g/mol. The monoisotopic (exact) mass is 877 g/mol. The van der Waals surface area contributed by atoms with Gasteiger partial charge in [-0.2, -0.15) is 0 Å². The summed E-state index contributed by atoms with van der Waals surface area (Å²) in [6.07, 6.45) is 48.5. The third kappa shape index (κ3) is 34.5. The third-order valence-corrected chi connectivity index (χ3v) is 11.7. The number of aliphatic hydroxyl groups excluding tert-OH is 4. The number of hydrogen-bond donors (Lipinski definition) is 4. The highest BCUT2D eigenvalue weighted by Crippen LogP contribution is 2.23. The van der Waals surface area contributed by atoms with Crippen LogP contribution in [0.15, 0.2) is 48.6 Å². The molecule has 0 spiro atoms. The van der Waals surface area contributed by atoms with Crippen molar-refractivity contribution in [3.8, 4) is 0 Å². The molecule has 1 rings (SSSR count). The van der Waals surface area contributed by atoms with E-state index in [0.717, 1.165) is 57.8 Å². The molecule has 9 heteroatoms. The molecule has 0 aromatic carbocycles. The summed E-state index contributed by atoms with van der Waals surface area (Å²) in [6, 6.07) is 0. The second-order valence-corrected chi connectivity index (χ2v) is 17.6. The quantitative estimate of drug-likeness (QED) is 0.0268. The smallest absolute Gasteiger partial charge is 0.306 e. The number of ether oxygens (including phenoxy) is 4. The molecule has 1 heterocycles. The van der Waals surface area contributed by atoms with Crippen LogP contribution in [0.4, 0.5) is 0 Å². The van der Waals surface area contributed by atoms with Crippen LogP contribution in [0.5, 0.6) is 0 Å². The number of aliphatic hydroxyl groups is 4. The molecule has 0 amide bonds. The Morgan fingerprint density at radius 1 is 0.516 bits per heavy atom. The van der Waals surface area contributed by atoms with Crippen LogP contribution in [0.2, 0.25) is 0 Å². The summed E-state index contributed by atoms with van der Waals surface area (Å²) in [4.78, 5) is 12.8. The van der Waals surface area contributed by atoms with Crippen LogP contribution in [0.25, 0.3) is 0 Å². The topological polar surface area (TPSA) is 135 Å². The molecule has 1 aliphatic rings. The van der Waals surface area contributed by atoms with E-state index in [0.29, 0.717) is 13.0 Å². The van der Waals surface area contributed by atoms with Gasteiger partial charge >= 0.3 is 5.97 Å². The number of carbonyl (C=O) groups is 1. The maximum absolute atomic E-state index is 12.8. The highest BCUT2D eigenvalue weighted by molar-refractivity contribution is 5.69. The predicted octanol–water partition coefficient (Wildman–Crippen LogP) is 12.5. The zero-order valence-electron chi connectivity index (χ0n) is 39.9. The number of unbranched alkanes of at least 4 members (excludes halogenated alkanes) is 25. The van der Waals surface area contributed by atoms with Crippen molar-refractivity contribution >= 4 is 5.97 Å². The standard InChI is InChI=1S/C53H96O9/c1-3-5-7-9-11-13-15-17-19-21-22-23-24-25-26-27-28-30-32-34-36-38-40-42-49(55)61-47(46-60-53-52(58)51(57)50(56)48(44-54)62-53)45-59-43-41-39-37-35-33-31-29-20-18-16-14-12-10-8-6-4-2/h12,14-15,17-18,20-22,47-48,50-54,56-58H,3-11,13,16,19,23-46H2,1-2H3/b14-12-,17-15-,20-18-,22-21-. The van der Waals surface area contributed by atoms with Crippen molar-refractivity contribution in [1.82, 2.24) is 0 Å². The maximum Gasteiger partial charge on any atom is 0.306 e. The summed E-state index contributed by atoms with van der Waals surface area (Å²) in [5, 5.41) is 40.2. The molecule has 1 fully saturated rings. The molecule has 0 aromatic heterocycles. The van der Waals surface area contributed by atoms with E-state index in [1.165, 1.54) is 141 Å². The van der Waals surface area contributed by atoms with E-state index >= 15 is 0 Å². The minimum Gasteiger partial charge on any atom is -0.457 e. The molecule has 362 valence electrons. The molecule has 0 saturated carbocycles. The summed E-state index contributed by atoms with van der Waals surface area (Å²) in [5.74, 6) is -0.319. The molecule has 1 aliphatic heterocycles. The number of rotatable bonds is 44. The molecule has 0 radical (unpaired) electrons. The minimum atomic E-state index is -1.54. The lowest BCUT2D eigenvalue weighted by molar-refractivity contribution is -0.305. The highest BCUT2D eigenvalue weighted by Gasteiger charge is 2.44. The average Bonchev–Trinajstić information content (AvgIpc) is 3.27. The van der Waals surface area contributed by atoms with Gasteiger partial charge in [0.2, 0.25) is 0 Å². The number of carbonyl (C=O) groups excluding carboxylic acids is 1. The van der Waals surface area contributed by atoms with Crippen LogP contribution in [-0.2, 0) is 23.7 Å². The van der Waals surface area contributed by atoms with Crippen molar-refractivity contribution in [1.29, 1.82) is 0 Å². The van der Waals surface area contributed by atoms with Crippen LogP contribution < -0.4 is 0 Å². The summed E-state index contributed by atoms with van der Waals surface area (Å²) >= 11 is 0. The molecule has 0 aliphatic carbocycles. The number of hydrogen-bond acceptors (Lipinski definition) is 9. The van der Waals surface area contributed by atoms with Crippen molar-refractivity contribution < 1.29 is 44.2 Å². The first-order chi connectivity index (χ1) is 30.4. The molecule has 9 nitrogen and oxygen atoms in total. The third-order valence-electron chi connectivity index (χ3n) is 11.7. The van der Waals surface area contributed by atoms with Crippen molar-refractivity contribution in [2.24, 2.45) is 0 Å². The van der Waals surface area contributed by atoms with Gasteiger partial charge in [-0.25, -0.2) is 0 Å². The Morgan fingerprint density at radius 2 is 0.935 bits per heavy atom. The Hall–Kier alpha value is -1.85. The van der Waals surface area contributed by atoms with Gasteiger partial charge in [0.25, 0.3) is 0 Å². The fourth-order valence-corrected chi connectivity index (χ4v) is 7.67. The average molecular weight is 877 g/mol. The van der Waals surface area contributed by atoms with E-state index in [-0.39, 0.29) is 19.2 Å². The highest BCUT2D eigenvalue weighted by atomic mass is 16.7. The van der Waals surface area contributed by atoms with Crippen LogP contribution in [0.1, 0.15) is 219 Å². The summed E-state index contributed by atoms with van der Waals surface area (Å²) in [5.41, 5.74) is 0. The van der Waals surface area contributed by atoms with Gasteiger partial charge < -0.3 is 39.4 Å². The number of allylic oxidation sites excluding steroid dienone is 8. The minimum absolute atomic E-state index is 0.119. The van der Waals surface area contributed by atoms with E-state index in [1.54, 1.807) is 0 Å². The molecule has 6 unspecified atom stereocenters. The van der Waals surface area contributed by atoms with Gasteiger partial charge in [-0.1, -0.05) is 184 Å². The van der Waals surface area contributed by atoms with Crippen LogP contribution in [0, 0.1) is 0 Å². The van der Waals surface area contributed by atoms with E-state index in [2.05, 4.69) is 62.5 Å².